The molecular formula is C28H27F2N5O5S. The van der Waals surface area contributed by atoms with E-state index in [1.807, 2.05) is 16.7 Å². The molecule has 1 amide bonds. The van der Waals surface area contributed by atoms with E-state index in [0.29, 0.717) is 40.5 Å². The number of methoxy groups -OCH3 is 1. The Bertz CT molecular complexity index is 1770. The van der Waals surface area contributed by atoms with Gasteiger partial charge in [-0.2, -0.15) is 0 Å². The smallest absolute Gasteiger partial charge is 0.341 e. The van der Waals surface area contributed by atoms with Gasteiger partial charge in [-0.05, 0) is 44.0 Å². The van der Waals surface area contributed by atoms with E-state index < -0.39 is 22.8 Å². The number of thiazole rings is 1. The average molecular weight is 584 g/mol. The Morgan fingerprint density at radius 2 is 2.00 bits per heavy atom. The minimum atomic E-state index is -1.36. The van der Waals surface area contributed by atoms with Crippen LogP contribution in [0.5, 0.6) is 5.75 Å². The van der Waals surface area contributed by atoms with Crippen molar-refractivity contribution < 1.29 is 28.2 Å². The molecule has 13 heteroatoms. The van der Waals surface area contributed by atoms with Crippen molar-refractivity contribution in [2.45, 2.75) is 31.8 Å². The van der Waals surface area contributed by atoms with Gasteiger partial charge < -0.3 is 24.6 Å². The topological polar surface area (TPSA) is 117 Å². The zero-order chi connectivity index (χ0) is 29.0. The number of hydrogen-bond donors (Lipinski definition) is 2. The van der Waals surface area contributed by atoms with Crippen molar-refractivity contribution in [3.05, 3.63) is 57.9 Å². The van der Waals surface area contributed by atoms with Crippen LogP contribution in [0.3, 0.4) is 0 Å². The molecule has 2 fully saturated rings. The number of amides is 1. The molecule has 2 N–H and O–H groups in total. The number of nitrogens with one attached hydrogen (secondary N) is 1. The first-order valence-corrected chi connectivity index (χ1v) is 14.0. The molecule has 3 heterocycles. The van der Waals surface area contributed by atoms with Crippen LogP contribution in [0.2, 0.25) is 0 Å². The predicted molar refractivity (Wildman–Crippen MR) is 151 cm³/mol. The Labute approximate surface area is 236 Å². The summed E-state index contributed by atoms with van der Waals surface area (Å²) in [6, 6.07) is 5.23. The normalized spacial score (nSPS) is 17.8. The molecule has 4 aromatic rings. The lowest BCUT2D eigenvalue weighted by molar-refractivity contribution is -0.117. The van der Waals surface area contributed by atoms with Crippen LogP contribution in [0.4, 0.5) is 19.6 Å². The zero-order valence-corrected chi connectivity index (χ0v) is 23.1. The van der Waals surface area contributed by atoms with Crippen molar-refractivity contribution in [3.8, 4) is 5.75 Å². The van der Waals surface area contributed by atoms with Gasteiger partial charge in [0.1, 0.15) is 17.1 Å². The second kappa shape index (κ2) is 10.4. The molecule has 1 aliphatic carbocycles. The number of piperazine rings is 1. The second-order valence-corrected chi connectivity index (χ2v) is 11.4. The number of benzene rings is 2. The number of carbonyl (C=O) groups is 2. The number of ether oxygens (including phenoxy) is 1. The van der Waals surface area contributed by atoms with Crippen molar-refractivity contribution in [3.63, 3.8) is 0 Å². The summed E-state index contributed by atoms with van der Waals surface area (Å²) in [5, 5.41) is 12.7. The number of anilines is 2. The number of carbonyl (C=O) groups excluding carboxylic acids is 1. The first-order valence-electron chi connectivity index (χ1n) is 13.2. The summed E-state index contributed by atoms with van der Waals surface area (Å²) >= 11 is 1.20. The maximum atomic E-state index is 15.7. The zero-order valence-electron chi connectivity index (χ0n) is 22.3. The summed E-state index contributed by atoms with van der Waals surface area (Å²) in [4.78, 5) is 45.6. The predicted octanol–water partition coefficient (Wildman–Crippen LogP) is 4.08. The van der Waals surface area contributed by atoms with Crippen LogP contribution in [0, 0.1) is 11.6 Å². The van der Waals surface area contributed by atoms with Gasteiger partial charge in [-0.25, -0.2) is 18.6 Å². The van der Waals surface area contributed by atoms with Gasteiger partial charge in [0.2, 0.25) is 11.3 Å². The Kier molecular flexibility index (Phi) is 6.86. The van der Waals surface area contributed by atoms with E-state index in [-0.39, 0.29) is 47.2 Å². The van der Waals surface area contributed by atoms with Gasteiger partial charge >= 0.3 is 5.97 Å². The number of carboxylic acid groups (broad SMARTS) is 1. The average Bonchev–Trinajstić information content (AvgIpc) is 3.69. The van der Waals surface area contributed by atoms with Gasteiger partial charge in [0.05, 0.1) is 34.8 Å². The first kappa shape index (κ1) is 27.1. The number of carboxylic acids is 1. The van der Waals surface area contributed by atoms with Gasteiger partial charge in [0.15, 0.2) is 16.7 Å². The third kappa shape index (κ3) is 4.99. The Hall–Kier alpha value is -4.10. The highest BCUT2D eigenvalue weighted by molar-refractivity contribution is 7.22. The lowest BCUT2D eigenvalue weighted by atomic mass is 10.1. The highest BCUT2D eigenvalue weighted by atomic mass is 32.1. The van der Waals surface area contributed by atoms with Crippen molar-refractivity contribution in [2.75, 3.05) is 43.5 Å². The minimum Gasteiger partial charge on any atom is -0.492 e. The van der Waals surface area contributed by atoms with Crippen molar-refractivity contribution in [1.29, 1.82) is 0 Å². The maximum Gasteiger partial charge on any atom is 0.341 e. The molecule has 2 aromatic carbocycles. The van der Waals surface area contributed by atoms with Crippen molar-refractivity contribution in [1.82, 2.24) is 14.5 Å². The number of aromatic carboxylic acids is 1. The van der Waals surface area contributed by atoms with E-state index in [0.717, 1.165) is 18.9 Å². The Balaban J connectivity index is 1.24. The molecule has 0 spiro atoms. The van der Waals surface area contributed by atoms with Crippen LogP contribution in [0.15, 0.2) is 35.3 Å². The molecule has 1 atom stereocenters. The molecule has 2 aliphatic rings. The summed E-state index contributed by atoms with van der Waals surface area (Å²) in [6.07, 6.45) is 2.97. The number of aromatic nitrogens is 2. The second-order valence-electron chi connectivity index (χ2n) is 10.4. The van der Waals surface area contributed by atoms with Crippen LogP contribution in [-0.2, 0) is 4.79 Å². The Morgan fingerprint density at radius 1 is 1.22 bits per heavy atom. The number of nitrogens with zero attached hydrogens (tertiary/aromatic N) is 4. The van der Waals surface area contributed by atoms with E-state index >= 15 is 4.39 Å². The quantitative estimate of drug-likeness (QED) is 0.334. The monoisotopic (exact) mass is 583 g/mol. The standard InChI is InChI=1S/C28H27F2N5O5S/c1-14-11-34(8-7-33(14)13-22(36)32-28-31-20-6-3-15(29)9-21(20)41-28)24-19(30)10-17-23(26(24)40-2)35(16-4-5-16)12-18(25(17)37)27(38)39/h3,6,9-10,12,14,16H,4-5,7-8,11,13H2,1-2H3,(H,38,39)(H,31,32,36). The Morgan fingerprint density at radius 3 is 2.68 bits per heavy atom. The fraction of sp³-hybridized carbons (Fsp3) is 0.357. The van der Waals surface area contributed by atoms with Crippen molar-refractivity contribution >= 4 is 55.2 Å². The number of fused-ring (bicyclic) bond motifs is 2. The SMILES string of the molecule is COc1c(N2CCN(CC(=O)Nc3nc4ccc(F)cc4s3)C(C)C2)c(F)cc2c(=O)c(C(=O)O)cn(C3CC3)c12. The molecule has 10 nitrogen and oxygen atoms in total. The lowest BCUT2D eigenvalue weighted by Crippen LogP contribution is -2.54. The molecule has 1 unspecified atom stereocenters. The fourth-order valence-corrected chi connectivity index (χ4v) is 6.36. The summed E-state index contributed by atoms with van der Waals surface area (Å²) in [5.41, 5.74) is 0.0279. The van der Waals surface area contributed by atoms with E-state index in [9.17, 15) is 23.9 Å². The van der Waals surface area contributed by atoms with Crippen LogP contribution < -0.4 is 20.4 Å². The van der Waals surface area contributed by atoms with Gasteiger partial charge in [0, 0.05) is 37.9 Å². The van der Waals surface area contributed by atoms with Crippen molar-refractivity contribution in [2.24, 2.45) is 0 Å². The van der Waals surface area contributed by atoms with E-state index in [1.54, 1.807) is 10.6 Å². The molecule has 1 saturated heterocycles. The summed E-state index contributed by atoms with van der Waals surface area (Å²) in [5.74, 6) is -2.48. The number of hydrogen-bond acceptors (Lipinski definition) is 8. The largest absolute Gasteiger partial charge is 0.492 e. The maximum absolute atomic E-state index is 15.7. The van der Waals surface area contributed by atoms with Gasteiger partial charge in [-0.1, -0.05) is 11.3 Å². The highest BCUT2D eigenvalue weighted by Gasteiger charge is 2.33. The lowest BCUT2D eigenvalue weighted by Gasteiger charge is -2.41. The van der Waals surface area contributed by atoms with E-state index in [1.165, 1.54) is 36.8 Å². The van der Waals surface area contributed by atoms with Crippen LogP contribution in [-0.4, -0.2) is 70.8 Å². The van der Waals surface area contributed by atoms with E-state index in [2.05, 4.69) is 10.3 Å². The van der Waals surface area contributed by atoms with Crippen LogP contribution >= 0.6 is 11.3 Å². The third-order valence-corrected chi connectivity index (χ3v) is 8.53. The third-order valence-electron chi connectivity index (χ3n) is 7.60. The molecule has 1 aliphatic heterocycles. The van der Waals surface area contributed by atoms with E-state index in [4.69, 9.17) is 4.74 Å². The van der Waals surface area contributed by atoms with Gasteiger partial charge in [-0.3, -0.25) is 14.5 Å². The van der Waals surface area contributed by atoms with Gasteiger partial charge in [-0.15, -0.1) is 0 Å². The molecular weight excluding hydrogens is 556 g/mol. The molecule has 0 bridgehead atoms. The molecule has 41 heavy (non-hydrogen) atoms. The van der Waals surface area contributed by atoms with Gasteiger partial charge in [0.25, 0.3) is 0 Å². The summed E-state index contributed by atoms with van der Waals surface area (Å²) in [7, 11) is 1.41. The minimum absolute atomic E-state index is 0.00662. The summed E-state index contributed by atoms with van der Waals surface area (Å²) in [6.45, 7) is 3.25. The van der Waals surface area contributed by atoms with Crippen LogP contribution in [0.25, 0.3) is 21.1 Å². The molecule has 0 radical (unpaired) electrons. The number of halogens is 2. The molecule has 214 valence electrons. The molecule has 1 saturated carbocycles. The first-order chi connectivity index (χ1) is 19.6. The fourth-order valence-electron chi connectivity index (χ4n) is 5.45. The number of pyridine rings is 1. The number of rotatable bonds is 7. The molecule has 2 aromatic heterocycles. The highest BCUT2D eigenvalue weighted by Crippen LogP contribution is 2.44. The summed E-state index contributed by atoms with van der Waals surface area (Å²) < 4.78 is 37.2. The molecule has 6 rings (SSSR count). The van der Waals surface area contributed by atoms with Crippen LogP contribution in [0.1, 0.15) is 36.2 Å².